The lowest BCUT2D eigenvalue weighted by Gasteiger charge is -2.38. The van der Waals surface area contributed by atoms with Crippen LogP contribution in [-0.4, -0.2) is 39.7 Å². The summed E-state index contributed by atoms with van der Waals surface area (Å²) in [6.07, 6.45) is 2.73. The summed E-state index contributed by atoms with van der Waals surface area (Å²) in [6, 6.07) is 14.0. The van der Waals surface area contributed by atoms with Crippen LogP contribution in [0.2, 0.25) is 0 Å². The molecule has 0 aliphatic carbocycles. The van der Waals surface area contributed by atoms with Crippen molar-refractivity contribution < 1.29 is 9.78 Å². The number of imidazole rings is 1. The molecule has 7 heteroatoms. The number of hydrogen-bond acceptors (Lipinski definition) is 5. The fraction of sp³-hybridized carbons (Fsp3) is 0.333. The quantitative estimate of drug-likeness (QED) is 0.517. The van der Waals surface area contributed by atoms with Crippen LogP contribution in [0.5, 0.6) is 0 Å². The van der Waals surface area contributed by atoms with Crippen molar-refractivity contribution in [1.82, 2.24) is 14.4 Å². The van der Waals surface area contributed by atoms with E-state index in [0.717, 1.165) is 54.6 Å². The molecular formula is C21H20N4O3. The van der Waals surface area contributed by atoms with Gasteiger partial charge >= 0.3 is 0 Å². The fourth-order valence-electron chi connectivity index (χ4n) is 4.66. The minimum Gasteiger partial charge on any atom is -0.371 e. The van der Waals surface area contributed by atoms with Crippen LogP contribution in [0.15, 0.2) is 47.3 Å². The predicted molar refractivity (Wildman–Crippen MR) is 107 cm³/mol. The molecule has 0 bridgehead atoms. The Morgan fingerprint density at radius 2 is 1.82 bits per heavy atom. The van der Waals surface area contributed by atoms with Crippen molar-refractivity contribution >= 4 is 33.4 Å². The average Bonchev–Trinajstić information content (AvgIpc) is 3.32. The molecule has 2 aliphatic rings. The number of H-pyrrole nitrogens is 1. The zero-order chi connectivity index (χ0) is 18.7. The van der Waals surface area contributed by atoms with E-state index in [0.29, 0.717) is 17.8 Å². The van der Waals surface area contributed by atoms with Gasteiger partial charge in [0.1, 0.15) is 5.60 Å². The Bertz CT molecular complexity index is 1260. The van der Waals surface area contributed by atoms with E-state index in [1.54, 1.807) is 0 Å². The Balaban J connectivity index is 1.52. The van der Waals surface area contributed by atoms with Crippen LogP contribution in [0.1, 0.15) is 19.3 Å². The van der Waals surface area contributed by atoms with E-state index in [1.165, 1.54) is 0 Å². The molecule has 2 aliphatic heterocycles. The maximum absolute atomic E-state index is 13.0. The minimum absolute atomic E-state index is 0.154. The number of rotatable bonds is 1. The van der Waals surface area contributed by atoms with Gasteiger partial charge in [0.2, 0.25) is 5.78 Å². The van der Waals surface area contributed by atoms with Gasteiger partial charge in [0, 0.05) is 19.5 Å². The van der Waals surface area contributed by atoms with Crippen LogP contribution in [-0.2, 0) is 9.78 Å². The highest BCUT2D eigenvalue weighted by Gasteiger charge is 2.40. The normalized spacial score (nSPS) is 19.4. The largest absolute Gasteiger partial charge is 0.371 e. The van der Waals surface area contributed by atoms with E-state index in [1.807, 2.05) is 46.9 Å². The number of anilines is 1. The topological polar surface area (TPSA) is 71.9 Å². The second kappa shape index (κ2) is 5.80. The van der Waals surface area contributed by atoms with Gasteiger partial charge in [-0.2, -0.15) is 4.98 Å². The number of nitrogens with one attached hydrogen (secondary N) is 1. The van der Waals surface area contributed by atoms with Gasteiger partial charge in [0.15, 0.2) is 0 Å². The summed E-state index contributed by atoms with van der Waals surface area (Å²) in [6.45, 7) is 2.33. The molecule has 2 aromatic heterocycles. The monoisotopic (exact) mass is 376 g/mol. The lowest BCUT2D eigenvalue weighted by atomic mass is 9.88. The lowest BCUT2D eigenvalue weighted by molar-refractivity contribution is -0.312. The summed E-state index contributed by atoms with van der Waals surface area (Å²) in [5.41, 5.74) is 3.46. The molecule has 0 amide bonds. The van der Waals surface area contributed by atoms with Crippen LogP contribution >= 0.6 is 0 Å². The first-order valence-corrected chi connectivity index (χ1v) is 9.72. The second-order valence-electron chi connectivity index (χ2n) is 7.71. The van der Waals surface area contributed by atoms with E-state index < -0.39 is 0 Å². The molecule has 0 atom stereocenters. The number of piperidine rings is 1. The highest BCUT2D eigenvalue weighted by Crippen LogP contribution is 2.37. The van der Waals surface area contributed by atoms with Gasteiger partial charge < -0.3 is 9.88 Å². The second-order valence-corrected chi connectivity index (χ2v) is 7.71. The Hall–Kier alpha value is -2.90. The Morgan fingerprint density at radius 1 is 1.00 bits per heavy atom. The van der Waals surface area contributed by atoms with Gasteiger partial charge in [0.25, 0.3) is 5.56 Å². The fourth-order valence-corrected chi connectivity index (χ4v) is 4.66. The number of nitrogens with zero attached hydrogens (tertiary/aromatic N) is 3. The van der Waals surface area contributed by atoms with Gasteiger partial charge in [-0.3, -0.25) is 9.20 Å². The molecule has 1 spiro atoms. The Morgan fingerprint density at radius 3 is 2.64 bits per heavy atom. The van der Waals surface area contributed by atoms with Crippen LogP contribution in [0.3, 0.4) is 0 Å². The van der Waals surface area contributed by atoms with Crippen LogP contribution in [0, 0.1) is 0 Å². The first kappa shape index (κ1) is 16.1. The summed E-state index contributed by atoms with van der Waals surface area (Å²) in [4.78, 5) is 33.6. The average molecular weight is 376 g/mol. The first-order valence-electron chi connectivity index (χ1n) is 9.72. The zero-order valence-electron chi connectivity index (χ0n) is 15.4. The van der Waals surface area contributed by atoms with Gasteiger partial charge in [-0.05, 0) is 37.1 Å². The molecule has 2 saturated heterocycles. The third-order valence-corrected chi connectivity index (χ3v) is 6.18. The molecule has 0 saturated carbocycles. The molecule has 4 aromatic rings. The number of hydrogen-bond donors (Lipinski definition) is 1. The van der Waals surface area contributed by atoms with Gasteiger partial charge in [-0.15, -0.1) is 0 Å². The predicted octanol–water partition coefficient (Wildman–Crippen LogP) is 3.02. The van der Waals surface area contributed by atoms with E-state index in [4.69, 9.17) is 9.78 Å². The number of aromatic amines is 1. The summed E-state index contributed by atoms with van der Waals surface area (Å²) in [7, 11) is 0. The number of para-hydroxylation sites is 2. The highest BCUT2D eigenvalue weighted by atomic mass is 17.2. The molecule has 4 heterocycles. The first-order chi connectivity index (χ1) is 13.7. The van der Waals surface area contributed by atoms with Gasteiger partial charge in [-0.25, -0.2) is 9.78 Å². The number of benzene rings is 2. The van der Waals surface area contributed by atoms with E-state index in [2.05, 4.69) is 14.9 Å². The summed E-state index contributed by atoms with van der Waals surface area (Å²) in [5, 5.41) is 0.671. The third-order valence-electron chi connectivity index (χ3n) is 6.18. The highest BCUT2D eigenvalue weighted by molar-refractivity contribution is 5.96. The standard InChI is InChI=1S/C21H20N4O3/c26-19-18-16(24-11-8-21(9-12-24)10-13-27-28-21)6-3-7-17(18)25-15-5-2-1-4-14(15)22-20(25)23-19/h1-7H,8-13H2,(H,22,23,26). The minimum atomic E-state index is -0.196. The van der Waals surface area contributed by atoms with Crippen LogP contribution in [0.4, 0.5) is 5.69 Å². The molecule has 142 valence electrons. The molecule has 7 nitrogen and oxygen atoms in total. The van der Waals surface area contributed by atoms with Crippen LogP contribution in [0.25, 0.3) is 27.7 Å². The smallest absolute Gasteiger partial charge is 0.284 e. The Labute approximate surface area is 160 Å². The van der Waals surface area contributed by atoms with Gasteiger partial charge in [-0.1, -0.05) is 18.2 Å². The number of fused-ring (bicyclic) bond motifs is 5. The molecule has 0 radical (unpaired) electrons. The van der Waals surface area contributed by atoms with Crippen molar-refractivity contribution in [2.45, 2.75) is 24.9 Å². The molecule has 6 rings (SSSR count). The SMILES string of the molecule is O=c1nc2[nH]c3ccccc3n2c2cccc(N3CCC4(CCOO4)CC3)c12. The molecule has 0 unspecified atom stereocenters. The van der Waals surface area contributed by atoms with Crippen molar-refractivity contribution in [2.75, 3.05) is 24.6 Å². The summed E-state index contributed by atoms with van der Waals surface area (Å²) in [5.74, 6) is 0.574. The lowest BCUT2D eigenvalue weighted by Crippen LogP contribution is -2.44. The maximum atomic E-state index is 13.0. The zero-order valence-corrected chi connectivity index (χ0v) is 15.4. The molecular weight excluding hydrogens is 356 g/mol. The summed E-state index contributed by atoms with van der Waals surface area (Å²) < 4.78 is 2.04. The third kappa shape index (κ3) is 2.23. The van der Waals surface area contributed by atoms with E-state index in [9.17, 15) is 4.79 Å². The molecule has 2 aromatic carbocycles. The van der Waals surface area contributed by atoms with Crippen LogP contribution < -0.4 is 10.5 Å². The van der Waals surface area contributed by atoms with Crippen molar-refractivity contribution in [3.63, 3.8) is 0 Å². The van der Waals surface area contributed by atoms with Crippen molar-refractivity contribution in [1.29, 1.82) is 0 Å². The summed E-state index contributed by atoms with van der Waals surface area (Å²) >= 11 is 0. The number of aromatic nitrogens is 3. The van der Waals surface area contributed by atoms with Crippen molar-refractivity contribution in [3.8, 4) is 0 Å². The van der Waals surface area contributed by atoms with Crippen molar-refractivity contribution in [3.05, 3.63) is 52.8 Å². The molecule has 2 fully saturated rings. The van der Waals surface area contributed by atoms with Crippen molar-refractivity contribution in [2.24, 2.45) is 0 Å². The Kier molecular flexibility index (Phi) is 3.33. The van der Waals surface area contributed by atoms with E-state index >= 15 is 0 Å². The molecule has 28 heavy (non-hydrogen) atoms. The van der Waals surface area contributed by atoms with Gasteiger partial charge in [0.05, 0.1) is 34.2 Å². The van der Waals surface area contributed by atoms with E-state index in [-0.39, 0.29) is 11.2 Å². The maximum Gasteiger partial charge on any atom is 0.284 e. The molecule has 1 N–H and O–H groups in total.